The second-order valence-electron chi connectivity index (χ2n) is 8.04. The Balaban J connectivity index is 1.51. The molecule has 1 saturated heterocycles. The van der Waals surface area contributed by atoms with E-state index in [1.54, 1.807) is 42.5 Å². The van der Waals surface area contributed by atoms with Crippen LogP contribution >= 0.6 is 0 Å². The molecule has 9 heteroatoms. The number of aliphatic hydroxyl groups is 1. The summed E-state index contributed by atoms with van der Waals surface area (Å²) in [5.41, 5.74) is 1.29. The van der Waals surface area contributed by atoms with Gasteiger partial charge in [-0.1, -0.05) is 18.2 Å². The lowest BCUT2D eigenvalue weighted by Crippen LogP contribution is -2.31. The van der Waals surface area contributed by atoms with Crippen molar-refractivity contribution in [2.45, 2.75) is 24.9 Å². The molecule has 0 spiro atoms. The van der Waals surface area contributed by atoms with Gasteiger partial charge in [-0.15, -0.1) is 0 Å². The molecule has 1 aliphatic rings. The molecule has 6 nitrogen and oxygen atoms in total. The summed E-state index contributed by atoms with van der Waals surface area (Å²) >= 11 is 0. The fourth-order valence-electron chi connectivity index (χ4n) is 3.82. The predicted molar refractivity (Wildman–Crippen MR) is 116 cm³/mol. The van der Waals surface area contributed by atoms with E-state index in [-0.39, 0.29) is 5.89 Å². The topological polar surface area (TPSA) is 64.8 Å². The van der Waals surface area contributed by atoms with Crippen LogP contribution in [0.25, 0.3) is 11.5 Å². The molecule has 0 radical (unpaired) electrons. The molecule has 0 saturated carbocycles. The molecule has 1 aromatic heterocycles. The van der Waals surface area contributed by atoms with E-state index in [1.165, 1.54) is 0 Å². The van der Waals surface area contributed by atoms with Crippen molar-refractivity contribution in [3.8, 4) is 11.5 Å². The van der Waals surface area contributed by atoms with Crippen LogP contribution in [0, 0.1) is 0 Å². The standard InChI is InChI=1S/C23H25F3N4O2/c1-29(2)18-12-13-30(14-18)17-10-8-16(9-11-17)27-21(31)19-20(23(24,25)26)32-22(28-19)15-6-4-3-5-7-15/h3-11,18,21,27,31H,12-14H2,1-2H3. The maximum absolute atomic E-state index is 13.5. The summed E-state index contributed by atoms with van der Waals surface area (Å²) < 4.78 is 45.5. The lowest BCUT2D eigenvalue weighted by Gasteiger charge is -2.22. The predicted octanol–water partition coefficient (Wildman–Crippen LogP) is 4.60. The minimum absolute atomic E-state index is 0.200. The van der Waals surface area contributed by atoms with E-state index in [2.05, 4.69) is 34.2 Å². The molecule has 1 fully saturated rings. The highest BCUT2D eigenvalue weighted by molar-refractivity contribution is 5.57. The van der Waals surface area contributed by atoms with Crippen molar-refractivity contribution < 1.29 is 22.7 Å². The molecule has 3 aromatic rings. The maximum Gasteiger partial charge on any atom is 0.451 e. The molecule has 2 N–H and O–H groups in total. The zero-order valence-electron chi connectivity index (χ0n) is 17.8. The SMILES string of the molecule is CN(C)C1CCN(c2ccc(NC(O)c3nc(-c4ccccc4)oc3C(F)(F)F)cc2)C1. The van der Waals surface area contributed by atoms with Gasteiger partial charge in [0.15, 0.2) is 6.23 Å². The molecule has 2 heterocycles. The second-order valence-corrected chi connectivity index (χ2v) is 8.04. The molecule has 1 aliphatic heterocycles. The van der Waals surface area contributed by atoms with Crippen molar-refractivity contribution in [1.82, 2.24) is 9.88 Å². The third-order valence-corrected chi connectivity index (χ3v) is 5.62. The normalized spacial score (nSPS) is 17.7. The highest BCUT2D eigenvalue weighted by Gasteiger charge is 2.41. The van der Waals surface area contributed by atoms with E-state index in [0.717, 1.165) is 25.2 Å². The molecule has 170 valence electrons. The first kappa shape index (κ1) is 22.2. The Morgan fingerprint density at radius 2 is 1.81 bits per heavy atom. The summed E-state index contributed by atoms with van der Waals surface area (Å²) in [6, 6.07) is 16.0. The lowest BCUT2D eigenvalue weighted by molar-refractivity contribution is -0.154. The Bertz CT molecular complexity index is 1040. The number of rotatable bonds is 6. The fourth-order valence-corrected chi connectivity index (χ4v) is 3.82. The first-order valence-electron chi connectivity index (χ1n) is 10.3. The van der Waals surface area contributed by atoms with Crippen LogP contribution in [-0.4, -0.2) is 48.2 Å². The van der Waals surface area contributed by atoms with E-state index in [0.29, 0.717) is 17.3 Å². The minimum Gasteiger partial charge on any atom is -0.431 e. The van der Waals surface area contributed by atoms with Gasteiger partial charge in [0.1, 0.15) is 5.69 Å². The van der Waals surface area contributed by atoms with Crippen molar-refractivity contribution in [3.05, 3.63) is 66.1 Å². The third kappa shape index (κ3) is 4.73. The summed E-state index contributed by atoms with van der Waals surface area (Å²) in [5, 5.41) is 13.2. The van der Waals surface area contributed by atoms with E-state index in [1.807, 2.05) is 12.1 Å². The van der Waals surface area contributed by atoms with Gasteiger partial charge >= 0.3 is 6.18 Å². The average molecular weight is 446 g/mol. The van der Waals surface area contributed by atoms with Gasteiger partial charge in [0.05, 0.1) is 0 Å². The zero-order chi connectivity index (χ0) is 22.9. The van der Waals surface area contributed by atoms with Crippen molar-refractivity contribution >= 4 is 11.4 Å². The number of likely N-dealkylation sites (N-methyl/N-ethyl adjacent to an activating group) is 1. The number of anilines is 2. The Morgan fingerprint density at radius 1 is 1.12 bits per heavy atom. The van der Waals surface area contributed by atoms with Crippen LogP contribution in [0.3, 0.4) is 0 Å². The lowest BCUT2D eigenvalue weighted by atomic mass is 10.2. The number of nitrogens with zero attached hydrogens (tertiary/aromatic N) is 3. The Morgan fingerprint density at radius 3 is 2.41 bits per heavy atom. The zero-order valence-corrected chi connectivity index (χ0v) is 17.8. The van der Waals surface area contributed by atoms with Gasteiger partial charge in [-0.25, -0.2) is 4.98 Å². The summed E-state index contributed by atoms with van der Waals surface area (Å²) in [6.07, 6.45) is -5.41. The number of hydrogen-bond donors (Lipinski definition) is 2. The first-order valence-corrected chi connectivity index (χ1v) is 10.3. The molecular formula is C23H25F3N4O2. The minimum atomic E-state index is -4.79. The number of benzene rings is 2. The molecule has 32 heavy (non-hydrogen) atoms. The quantitative estimate of drug-likeness (QED) is 0.540. The van der Waals surface area contributed by atoms with E-state index in [4.69, 9.17) is 4.42 Å². The smallest absolute Gasteiger partial charge is 0.431 e. The monoisotopic (exact) mass is 446 g/mol. The summed E-state index contributed by atoms with van der Waals surface area (Å²) in [6.45, 7) is 1.85. The van der Waals surface area contributed by atoms with Crippen LogP contribution in [0.1, 0.15) is 24.1 Å². The van der Waals surface area contributed by atoms with Crippen LogP contribution in [0.5, 0.6) is 0 Å². The van der Waals surface area contributed by atoms with Gasteiger partial charge < -0.3 is 24.6 Å². The maximum atomic E-state index is 13.5. The van der Waals surface area contributed by atoms with E-state index < -0.39 is 23.9 Å². The highest BCUT2D eigenvalue weighted by Crippen LogP contribution is 2.38. The largest absolute Gasteiger partial charge is 0.451 e. The molecule has 2 atom stereocenters. The van der Waals surface area contributed by atoms with Crippen LogP contribution < -0.4 is 10.2 Å². The molecule has 0 aliphatic carbocycles. The molecule has 0 bridgehead atoms. The number of halogens is 3. The van der Waals surface area contributed by atoms with Crippen LogP contribution in [0.2, 0.25) is 0 Å². The number of hydrogen-bond acceptors (Lipinski definition) is 6. The molecule has 2 aromatic carbocycles. The van der Waals surface area contributed by atoms with Crippen molar-refractivity contribution in [3.63, 3.8) is 0 Å². The summed E-state index contributed by atoms with van der Waals surface area (Å²) in [4.78, 5) is 8.40. The Hall–Kier alpha value is -3.04. The van der Waals surface area contributed by atoms with Crippen molar-refractivity contribution in [2.75, 3.05) is 37.4 Å². The fraction of sp³-hybridized carbons (Fsp3) is 0.348. The Labute approximate surface area is 184 Å². The van der Waals surface area contributed by atoms with Gasteiger partial charge in [0.2, 0.25) is 11.7 Å². The van der Waals surface area contributed by atoms with Gasteiger partial charge in [-0.05, 0) is 56.9 Å². The summed E-state index contributed by atoms with van der Waals surface area (Å²) in [7, 11) is 4.12. The van der Waals surface area contributed by atoms with Crippen LogP contribution in [-0.2, 0) is 6.18 Å². The van der Waals surface area contributed by atoms with Gasteiger partial charge in [0, 0.05) is 36.1 Å². The first-order chi connectivity index (χ1) is 15.2. The molecular weight excluding hydrogens is 421 g/mol. The molecule has 0 amide bonds. The molecule has 2 unspecified atom stereocenters. The average Bonchev–Trinajstić information content (AvgIpc) is 3.43. The van der Waals surface area contributed by atoms with E-state index in [9.17, 15) is 18.3 Å². The highest BCUT2D eigenvalue weighted by atomic mass is 19.4. The number of oxazole rings is 1. The number of alkyl halides is 3. The van der Waals surface area contributed by atoms with Crippen LogP contribution in [0.15, 0.2) is 59.0 Å². The van der Waals surface area contributed by atoms with Gasteiger partial charge in [-0.3, -0.25) is 0 Å². The summed E-state index contributed by atoms with van der Waals surface area (Å²) in [5.74, 6) is -1.52. The Kier molecular flexibility index (Phi) is 6.12. The van der Waals surface area contributed by atoms with Crippen molar-refractivity contribution in [1.29, 1.82) is 0 Å². The third-order valence-electron chi connectivity index (χ3n) is 5.62. The van der Waals surface area contributed by atoms with Crippen molar-refractivity contribution in [2.24, 2.45) is 0 Å². The van der Waals surface area contributed by atoms with Gasteiger partial charge in [0.25, 0.3) is 0 Å². The second kappa shape index (κ2) is 8.84. The number of aromatic nitrogens is 1. The molecule has 4 rings (SSSR count). The van der Waals surface area contributed by atoms with Gasteiger partial charge in [-0.2, -0.15) is 13.2 Å². The van der Waals surface area contributed by atoms with E-state index >= 15 is 0 Å². The van der Waals surface area contributed by atoms with Crippen LogP contribution in [0.4, 0.5) is 24.5 Å². The number of aliphatic hydroxyl groups excluding tert-OH is 1. The number of nitrogens with one attached hydrogen (secondary N) is 1.